The Bertz CT molecular complexity index is 854. The molecule has 1 aromatic carbocycles. The molecular formula is C22H35N5O5. The number of non-ortho nitro benzene ring substituents is 1. The highest BCUT2D eigenvalue weighted by atomic mass is 16.6. The smallest absolute Gasteiger partial charge is 0.300 e. The second-order valence-electron chi connectivity index (χ2n) is 8.17. The second kappa shape index (κ2) is 13.8. The van der Waals surface area contributed by atoms with E-state index in [-0.39, 0.29) is 23.9 Å². The van der Waals surface area contributed by atoms with E-state index >= 15 is 0 Å². The summed E-state index contributed by atoms with van der Waals surface area (Å²) in [6.07, 6.45) is 12.0. The number of unbranched alkanes of at least 4 members (excludes halogenated alkanes) is 7. The van der Waals surface area contributed by atoms with Gasteiger partial charge in [0, 0.05) is 12.6 Å². The van der Waals surface area contributed by atoms with Crippen LogP contribution in [-0.4, -0.2) is 69.7 Å². The lowest BCUT2D eigenvalue weighted by Crippen LogP contribution is -2.40. The molecule has 1 aromatic heterocycles. The van der Waals surface area contributed by atoms with Crippen LogP contribution in [-0.2, 0) is 0 Å². The maximum absolute atomic E-state index is 11.0. The van der Waals surface area contributed by atoms with Crippen molar-refractivity contribution < 1.29 is 19.8 Å². The largest absolute Gasteiger partial charge is 0.395 e. The van der Waals surface area contributed by atoms with E-state index in [4.69, 9.17) is 0 Å². The molecule has 10 heteroatoms. The lowest BCUT2D eigenvalue weighted by Gasteiger charge is -2.25. The van der Waals surface area contributed by atoms with Crippen LogP contribution in [0.3, 0.4) is 0 Å². The average molecular weight is 450 g/mol. The summed E-state index contributed by atoms with van der Waals surface area (Å²) in [5, 5.41) is 41.0. The maximum Gasteiger partial charge on any atom is 0.300 e. The Balaban J connectivity index is 1.52. The monoisotopic (exact) mass is 449 g/mol. The fourth-order valence-corrected chi connectivity index (χ4v) is 3.58. The molecule has 10 nitrogen and oxygen atoms in total. The summed E-state index contributed by atoms with van der Waals surface area (Å²) in [5.74, 6) is 0. The molecule has 0 saturated heterocycles. The second-order valence-corrected chi connectivity index (χ2v) is 8.17. The van der Waals surface area contributed by atoms with Crippen molar-refractivity contribution in [2.75, 3.05) is 32.6 Å². The average Bonchev–Trinajstić information content (AvgIpc) is 3.24. The van der Waals surface area contributed by atoms with Gasteiger partial charge in [-0.3, -0.25) is 10.1 Å². The third-order valence-electron chi connectivity index (χ3n) is 5.53. The Hall–Kier alpha value is -2.56. The number of nitrogens with one attached hydrogen (secondary N) is 1. The van der Waals surface area contributed by atoms with E-state index in [9.17, 15) is 20.3 Å². The van der Waals surface area contributed by atoms with Crippen LogP contribution in [0.1, 0.15) is 51.4 Å². The van der Waals surface area contributed by atoms with Gasteiger partial charge in [-0.2, -0.15) is 0 Å². The molecule has 0 radical (unpaired) electrons. The van der Waals surface area contributed by atoms with E-state index in [2.05, 4.69) is 20.3 Å². The molecule has 0 aliphatic rings. The summed E-state index contributed by atoms with van der Waals surface area (Å²) in [4.78, 5) is 12.4. The molecule has 0 unspecified atom stereocenters. The summed E-state index contributed by atoms with van der Waals surface area (Å²) in [5.41, 5.74) is 1.13. The van der Waals surface area contributed by atoms with Gasteiger partial charge in [0.1, 0.15) is 0 Å². The van der Waals surface area contributed by atoms with Crippen molar-refractivity contribution >= 4 is 22.4 Å². The van der Waals surface area contributed by atoms with Gasteiger partial charge in [0.25, 0.3) is 0 Å². The van der Waals surface area contributed by atoms with Gasteiger partial charge in [-0.1, -0.05) is 44.3 Å². The Morgan fingerprint density at radius 1 is 1.12 bits per heavy atom. The van der Waals surface area contributed by atoms with Crippen LogP contribution in [0.15, 0.2) is 28.9 Å². The van der Waals surface area contributed by atoms with E-state index in [1.807, 2.05) is 25.1 Å². The number of benzene rings is 1. The van der Waals surface area contributed by atoms with Gasteiger partial charge in [-0.25, -0.2) is 4.63 Å². The Kier molecular flexibility index (Phi) is 11.1. The first kappa shape index (κ1) is 25.7. The van der Waals surface area contributed by atoms with Gasteiger partial charge in [-0.05, 0) is 49.7 Å². The molecule has 2 aromatic rings. The normalized spacial score (nSPS) is 13.8. The fourth-order valence-electron chi connectivity index (χ4n) is 3.58. The van der Waals surface area contributed by atoms with Crippen LogP contribution in [0.4, 0.5) is 11.4 Å². The molecule has 0 aliphatic heterocycles. The van der Waals surface area contributed by atoms with Crippen molar-refractivity contribution in [2.24, 2.45) is 0 Å². The number of rotatable bonds is 16. The van der Waals surface area contributed by atoms with Crippen LogP contribution in [0.2, 0.25) is 0 Å². The van der Waals surface area contributed by atoms with Crippen LogP contribution in [0, 0.1) is 10.1 Å². The van der Waals surface area contributed by atoms with Gasteiger partial charge >= 0.3 is 5.69 Å². The van der Waals surface area contributed by atoms with Crippen molar-refractivity contribution in [3.8, 4) is 0 Å². The third kappa shape index (κ3) is 7.85. The molecule has 2 atom stereocenters. The molecule has 0 amide bonds. The van der Waals surface area contributed by atoms with Crippen LogP contribution in [0.5, 0.6) is 0 Å². The summed E-state index contributed by atoms with van der Waals surface area (Å²) in [7, 11) is 3.69. The molecule has 178 valence electrons. The highest BCUT2D eigenvalue weighted by Gasteiger charge is 2.19. The minimum atomic E-state index is -0.647. The van der Waals surface area contributed by atoms with Crippen LogP contribution < -0.4 is 5.32 Å². The minimum absolute atomic E-state index is 0.0658. The first-order chi connectivity index (χ1) is 15.5. The van der Waals surface area contributed by atoms with E-state index in [1.54, 1.807) is 12.1 Å². The Morgan fingerprint density at radius 3 is 2.44 bits per heavy atom. The molecule has 3 N–H and O–H groups in total. The zero-order chi connectivity index (χ0) is 23.3. The zero-order valence-corrected chi connectivity index (χ0v) is 18.9. The summed E-state index contributed by atoms with van der Waals surface area (Å²) in [6, 6.07) is 2.79. The highest BCUT2D eigenvalue weighted by Crippen LogP contribution is 2.28. The first-order valence-electron chi connectivity index (χ1n) is 11.2. The molecule has 1 heterocycles. The number of nitro benzene ring substituents is 1. The predicted octanol–water partition coefficient (Wildman–Crippen LogP) is 3.50. The van der Waals surface area contributed by atoms with Crippen LogP contribution >= 0.6 is 0 Å². The van der Waals surface area contributed by atoms with E-state index in [1.165, 1.54) is 25.3 Å². The number of allylic oxidation sites excluding steroid dienone is 1. The molecule has 0 aliphatic carbocycles. The standard InChI is InChI=1S/C22H35N5O5/c1-26(2)19(16-28)20(29)12-10-8-6-4-3-5-7-9-11-15-23-17-13-14-18(27(30)31)22-21(17)24-32-25-22/h10,12-14,19-20,23,28-29H,3-9,11,15-16H2,1-2H3/t19-,20+/m0/s1. The number of aliphatic hydroxyl groups excluding tert-OH is 2. The number of nitro groups is 1. The van der Waals surface area contributed by atoms with Gasteiger partial charge in [0.15, 0.2) is 5.52 Å². The maximum atomic E-state index is 11.0. The Morgan fingerprint density at radius 2 is 1.78 bits per heavy atom. The number of hydrogen-bond donors (Lipinski definition) is 3. The lowest BCUT2D eigenvalue weighted by molar-refractivity contribution is -0.383. The number of hydrogen-bond acceptors (Lipinski definition) is 9. The molecule has 32 heavy (non-hydrogen) atoms. The van der Waals surface area contributed by atoms with E-state index in [0.717, 1.165) is 38.6 Å². The summed E-state index contributed by atoms with van der Waals surface area (Å²) >= 11 is 0. The number of likely N-dealkylation sites (N-methyl/N-ethyl adjacent to an activating group) is 1. The quantitative estimate of drug-likeness (QED) is 0.152. The van der Waals surface area contributed by atoms with Gasteiger partial charge < -0.3 is 20.4 Å². The van der Waals surface area contributed by atoms with E-state index < -0.39 is 11.0 Å². The minimum Gasteiger partial charge on any atom is -0.395 e. The molecule has 0 spiro atoms. The highest BCUT2D eigenvalue weighted by molar-refractivity contribution is 5.93. The molecule has 0 saturated carbocycles. The lowest BCUT2D eigenvalue weighted by atomic mass is 10.1. The molecule has 0 bridgehead atoms. The summed E-state index contributed by atoms with van der Waals surface area (Å²) < 4.78 is 4.67. The number of aromatic nitrogens is 2. The van der Waals surface area contributed by atoms with Gasteiger partial charge in [-0.15, -0.1) is 0 Å². The SMILES string of the molecule is CN(C)[C@@H](CO)[C@H](O)C=CCCCCCCCCCNc1ccc([N+](=O)[O-])c2nonc12. The van der Waals surface area contributed by atoms with Crippen molar-refractivity contribution in [1.82, 2.24) is 15.2 Å². The van der Waals surface area contributed by atoms with Crippen molar-refractivity contribution in [2.45, 2.75) is 63.5 Å². The van der Waals surface area contributed by atoms with Crippen molar-refractivity contribution in [1.29, 1.82) is 0 Å². The topological polar surface area (TPSA) is 138 Å². The third-order valence-corrected chi connectivity index (χ3v) is 5.53. The molecular weight excluding hydrogens is 414 g/mol. The van der Waals surface area contributed by atoms with Crippen LogP contribution in [0.25, 0.3) is 11.0 Å². The number of anilines is 1. The zero-order valence-electron chi connectivity index (χ0n) is 18.9. The van der Waals surface area contributed by atoms with Gasteiger partial charge in [0.05, 0.1) is 29.4 Å². The predicted molar refractivity (Wildman–Crippen MR) is 124 cm³/mol. The first-order valence-corrected chi connectivity index (χ1v) is 11.2. The number of nitrogens with zero attached hydrogens (tertiary/aromatic N) is 4. The molecule has 2 rings (SSSR count). The van der Waals surface area contributed by atoms with Gasteiger partial charge in [0.2, 0.25) is 5.52 Å². The number of aliphatic hydroxyl groups is 2. The van der Waals surface area contributed by atoms with E-state index in [0.29, 0.717) is 11.2 Å². The molecule has 0 fully saturated rings. The van der Waals surface area contributed by atoms with Crippen molar-refractivity contribution in [3.05, 3.63) is 34.4 Å². The number of fused-ring (bicyclic) bond motifs is 1. The Labute approximate surface area is 188 Å². The van der Waals surface area contributed by atoms with Crippen molar-refractivity contribution in [3.63, 3.8) is 0 Å². The summed E-state index contributed by atoms with van der Waals surface area (Å²) in [6.45, 7) is 0.693. The fraction of sp³-hybridized carbons (Fsp3) is 0.636.